The molecule has 0 radical (unpaired) electrons. The van der Waals surface area contributed by atoms with Crippen LogP contribution in [0.2, 0.25) is 0 Å². The molecule has 0 saturated carbocycles. The number of hydrogen-bond acceptors (Lipinski definition) is 6. The van der Waals surface area contributed by atoms with E-state index in [1.54, 1.807) is 17.5 Å². The standard InChI is InChI=1S/C14H10N4S2/c1-9-8-19-13(17-9)10(6-15)7-16-14-18-11-4-2-3-5-12(11)20-14/h2-5,7-8H,1H3,(H,16,18)/b10-7+. The average molecular weight is 298 g/mol. The number of benzene rings is 1. The van der Waals surface area contributed by atoms with Gasteiger partial charge in [-0.3, -0.25) is 0 Å². The predicted molar refractivity (Wildman–Crippen MR) is 83.7 cm³/mol. The summed E-state index contributed by atoms with van der Waals surface area (Å²) >= 11 is 3.02. The summed E-state index contributed by atoms with van der Waals surface area (Å²) in [6.45, 7) is 1.91. The van der Waals surface area contributed by atoms with Crippen molar-refractivity contribution in [3.63, 3.8) is 0 Å². The summed E-state index contributed by atoms with van der Waals surface area (Å²) in [6.07, 6.45) is 1.66. The molecule has 3 rings (SSSR count). The third kappa shape index (κ3) is 2.54. The van der Waals surface area contributed by atoms with E-state index < -0.39 is 0 Å². The van der Waals surface area contributed by atoms with Gasteiger partial charge in [-0.1, -0.05) is 23.5 Å². The Kier molecular flexibility index (Phi) is 3.46. The lowest BCUT2D eigenvalue weighted by Gasteiger charge is -1.95. The Morgan fingerprint density at radius 3 is 2.90 bits per heavy atom. The quantitative estimate of drug-likeness (QED) is 0.741. The topological polar surface area (TPSA) is 61.6 Å². The van der Waals surface area contributed by atoms with E-state index in [1.165, 1.54) is 11.3 Å². The van der Waals surface area contributed by atoms with Gasteiger partial charge in [0.15, 0.2) is 5.13 Å². The second-order valence-corrected chi connectivity index (χ2v) is 5.98. The van der Waals surface area contributed by atoms with E-state index in [1.807, 2.05) is 36.6 Å². The lowest BCUT2D eigenvalue weighted by molar-refractivity contribution is 1.24. The Labute approximate surface area is 124 Å². The molecule has 1 aromatic carbocycles. The smallest absolute Gasteiger partial charge is 0.187 e. The second kappa shape index (κ2) is 5.41. The molecule has 98 valence electrons. The Balaban J connectivity index is 1.86. The highest BCUT2D eigenvalue weighted by molar-refractivity contribution is 7.22. The van der Waals surface area contributed by atoms with E-state index in [2.05, 4.69) is 21.4 Å². The number of aromatic nitrogens is 2. The first-order chi connectivity index (χ1) is 9.76. The SMILES string of the molecule is Cc1csc(/C(C#N)=C/Nc2nc3ccccc3s2)n1. The fourth-order valence-corrected chi connectivity index (χ4v) is 3.29. The number of para-hydroxylation sites is 1. The molecule has 2 heterocycles. The summed E-state index contributed by atoms with van der Waals surface area (Å²) in [5, 5.41) is 15.7. The van der Waals surface area contributed by atoms with Crippen LogP contribution in [0.5, 0.6) is 0 Å². The number of thiazole rings is 2. The van der Waals surface area contributed by atoms with Crippen LogP contribution in [-0.2, 0) is 0 Å². The number of fused-ring (bicyclic) bond motifs is 1. The highest BCUT2D eigenvalue weighted by atomic mass is 32.1. The molecule has 0 spiro atoms. The molecule has 2 aromatic heterocycles. The first-order valence-electron chi connectivity index (χ1n) is 5.91. The normalized spacial score (nSPS) is 11.5. The summed E-state index contributed by atoms with van der Waals surface area (Å²) in [5.41, 5.74) is 2.39. The molecule has 0 aliphatic rings. The van der Waals surface area contributed by atoms with Crippen molar-refractivity contribution in [2.75, 3.05) is 5.32 Å². The molecule has 0 aliphatic heterocycles. The molecular weight excluding hydrogens is 288 g/mol. The van der Waals surface area contributed by atoms with Gasteiger partial charge in [0.05, 0.1) is 10.2 Å². The fraction of sp³-hybridized carbons (Fsp3) is 0.0714. The van der Waals surface area contributed by atoms with E-state index >= 15 is 0 Å². The first kappa shape index (κ1) is 12.8. The van der Waals surface area contributed by atoms with Crippen LogP contribution in [0.25, 0.3) is 15.8 Å². The van der Waals surface area contributed by atoms with Crippen molar-refractivity contribution in [1.29, 1.82) is 5.26 Å². The Bertz CT molecular complexity index is 790. The number of nitrogens with one attached hydrogen (secondary N) is 1. The number of hydrogen-bond donors (Lipinski definition) is 1. The van der Waals surface area contributed by atoms with Crippen molar-refractivity contribution >= 4 is 43.6 Å². The highest BCUT2D eigenvalue weighted by Crippen LogP contribution is 2.26. The monoisotopic (exact) mass is 298 g/mol. The van der Waals surface area contributed by atoms with Crippen molar-refractivity contribution in [2.45, 2.75) is 6.92 Å². The third-order valence-corrected chi connectivity index (χ3v) is 4.56. The zero-order chi connectivity index (χ0) is 13.9. The van der Waals surface area contributed by atoms with E-state index in [0.29, 0.717) is 5.57 Å². The minimum absolute atomic E-state index is 0.516. The summed E-state index contributed by atoms with van der Waals surface area (Å²) < 4.78 is 1.12. The molecule has 0 fully saturated rings. The number of rotatable bonds is 3. The van der Waals surface area contributed by atoms with E-state index in [9.17, 15) is 5.26 Å². The average Bonchev–Trinajstić information content (AvgIpc) is 3.05. The van der Waals surface area contributed by atoms with Gasteiger partial charge < -0.3 is 5.32 Å². The molecule has 20 heavy (non-hydrogen) atoms. The number of allylic oxidation sites excluding steroid dienone is 1. The zero-order valence-corrected chi connectivity index (χ0v) is 12.3. The molecule has 0 unspecified atom stereocenters. The van der Waals surface area contributed by atoms with Gasteiger partial charge in [-0.2, -0.15) is 5.26 Å². The van der Waals surface area contributed by atoms with Gasteiger partial charge in [0.25, 0.3) is 0 Å². The fourth-order valence-electron chi connectivity index (χ4n) is 1.69. The molecule has 0 saturated heterocycles. The Morgan fingerprint density at radius 1 is 1.35 bits per heavy atom. The molecule has 1 N–H and O–H groups in total. The van der Waals surface area contributed by atoms with Gasteiger partial charge in [-0.25, -0.2) is 9.97 Å². The second-order valence-electron chi connectivity index (χ2n) is 4.09. The molecule has 6 heteroatoms. The summed E-state index contributed by atoms with van der Waals surface area (Å²) in [4.78, 5) is 8.76. The van der Waals surface area contributed by atoms with Crippen LogP contribution in [0.3, 0.4) is 0 Å². The van der Waals surface area contributed by atoms with Crippen molar-refractivity contribution in [1.82, 2.24) is 9.97 Å². The van der Waals surface area contributed by atoms with Crippen LogP contribution in [0.15, 0.2) is 35.8 Å². The number of nitrogens with zero attached hydrogens (tertiary/aromatic N) is 3. The predicted octanol–water partition coefficient (Wildman–Crippen LogP) is 4.04. The van der Waals surface area contributed by atoms with Crippen molar-refractivity contribution < 1.29 is 0 Å². The Morgan fingerprint density at radius 2 is 2.20 bits per heavy atom. The maximum atomic E-state index is 9.20. The van der Waals surface area contributed by atoms with E-state index in [4.69, 9.17) is 0 Å². The maximum absolute atomic E-state index is 9.20. The largest absolute Gasteiger partial charge is 0.337 e. The molecule has 3 aromatic rings. The van der Waals surface area contributed by atoms with Crippen LogP contribution >= 0.6 is 22.7 Å². The van der Waals surface area contributed by atoms with Crippen molar-refractivity contribution in [3.8, 4) is 6.07 Å². The van der Waals surface area contributed by atoms with Gasteiger partial charge in [0, 0.05) is 17.3 Å². The third-order valence-electron chi connectivity index (χ3n) is 2.60. The summed E-state index contributed by atoms with van der Waals surface area (Å²) in [5.74, 6) is 0. The number of aryl methyl sites for hydroxylation is 1. The summed E-state index contributed by atoms with van der Waals surface area (Å²) in [6, 6.07) is 10.1. The minimum Gasteiger partial charge on any atom is -0.337 e. The van der Waals surface area contributed by atoms with Crippen LogP contribution in [0.1, 0.15) is 10.7 Å². The number of anilines is 1. The van der Waals surface area contributed by atoms with Gasteiger partial charge in [-0.05, 0) is 19.1 Å². The van der Waals surface area contributed by atoms with Gasteiger partial charge in [0.1, 0.15) is 16.6 Å². The van der Waals surface area contributed by atoms with Crippen LogP contribution in [0, 0.1) is 18.3 Å². The number of nitriles is 1. The first-order valence-corrected chi connectivity index (χ1v) is 7.61. The van der Waals surface area contributed by atoms with Crippen LogP contribution in [-0.4, -0.2) is 9.97 Å². The van der Waals surface area contributed by atoms with E-state index in [0.717, 1.165) is 26.0 Å². The summed E-state index contributed by atoms with van der Waals surface area (Å²) in [7, 11) is 0. The minimum atomic E-state index is 0.516. The molecule has 4 nitrogen and oxygen atoms in total. The molecular formula is C14H10N4S2. The molecule has 0 aliphatic carbocycles. The molecule has 0 bridgehead atoms. The lowest BCUT2D eigenvalue weighted by Crippen LogP contribution is -1.90. The van der Waals surface area contributed by atoms with Crippen LogP contribution < -0.4 is 5.32 Å². The van der Waals surface area contributed by atoms with Gasteiger partial charge in [-0.15, -0.1) is 11.3 Å². The zero-order valence-electron chi connectivity index (χ0n) is 10.6. The van der Waals surface area contributed by atoms with E-state index in [-0.39, 0.29) is 0 Å². The highest BCUT2D eigenvalue weighted by Gasteiger charge is 2.06. The lowest BCUT2D eigenvalue weighted by atomic mass is 10.3. The molecule has 0 atom stereocenters. The van der Waals surface area contributed by atoms with Gasteiger partial charge in [0.2, 0.25) is 0 Å². The maximum Gasteiger partial charge on any atom is 0.187 e. The Hall–Kier alpha value is -2.23. The van der Waals surface area contributed by atoms with Gasteiger partial charge >= 0.3 is 0 Å². The molecule has 0 amide bonds. The van der Waals surface area contributed by atoms with Crippen molar-refractivity contribution in [2.24, 2.45) is 0 Å². The van der Waals surface area contributed by atoms with Crippen molar-refractivity contribution in [3.05, 3.63) is 46.5 Å². The van der Waals surface area contributed by atoms with Crippen LogP contribution in [0.4, 0.5) is 5.13 Å².